The highest BCUT2D eigenvalue weighted by molar-refractivity contribution is 7.18. The van der Waals surface area contributed by atoms with Crippen LogP contribution in [0.2, 0.25) is 0 Å². The lowest BCUT2D eigenvalue weighted by atomic mass is 9.95. The molecule has 3 aromatic heterocycles. The second-order valence-corrected chi connectivity index (χ2v) is 10.4. The smallest absolute Gasteiger partial charge is 0.279 e. The quantitative estimate of drug-likeness (QED) is 0.191. The summed E-state index contributed by atoms with van der Waals surface area (Å²) >= 11 is 1.35. The van der Waals surface area contributed by atoms with Gasteiger partial charge in [-0.2, -0.15) is 5.10 Å². The zero-order chi connectivity index (χ0) is 29.5. The van der Waals surface area contributed by atoms with Crippen molar-refractivity contribution in [2.75, 3.05) is 6.61 Å². The first kappa shape index (κ1) is 27.2. The number of ether oxygens (including phenoxy) is 1. The molecule has 0 atom stereocenters. The number of halogens is 3. The number of H-pyrrole nitrogens is 1. The van der Waals surface area contributed by atoms with Gasteiger partial charge in [0.05, 0.1) is 30.1 Å². The van der Waals surface area contributed by atoms with Crippen molar-refractivity contribution in [1.29, 1.82) is 0 Å². The number of rotatable bonds is 8. The molecule has 6 rings (SSSR count). The van der Waals surface area contributed by atoms with Crippen LogP contribution in [0.1, 0.15) is 28.5 Å². The minimum atomic E-state index is -1.13. The fraction of sp³-hybridized carbons (Fsp3) is 0.133. The van der Waals surface area contributed by atoms with Crippen LogP contribution in [0.25, 0.3) is 43.9 Å². The summed E-state index contributed by atoms with van der Waals surface area (Å²) in [5.41, 5.74) is 4.07. The zero-order valence-corrected chi connectivity index (χ0v) is 22.9. The summed E-state index contributed by atoms with van der Waals surface area (Å²) in [6.07, 6.45) is 0. The third kappa shape index (κ3) is 4.79. The minimum absolute atomic E-state index is 0.00657. The van der Waals surface area contributed by atoms with Crippen LogP contribution in [0, 0.1) is 11.6 Å². The molecule has 0 spiro atoms. The van der Waals surface area contributed by atoms with E-state index < -0.39 is 23.4 Å². The van der Waals surface area contributed by atoms with Crippen LogP contribution in [-0.2, 0) is 17.9 Å². The molecule has 0 saturated heterocycles. The summed E-state index contributed by atoms with van der Waals surface area (Å²) in [6.45, 7) is 5.16. The predicted octanol–water partition coefficient (Wildman–Crippen LogP) is 6.04. The maximum atomic E-state index is 15.6. The number of benzene rings is 2. The number of nitrogens with zero attached hydrogens (tertiary/aromatic N) is 2. The van der Waals surface area contributed by atoms with E-state index in [9.17, 15) is 18.4 Å². The normalized spacial score (nSPS) is 12.3. The topological polar surface area (TPSA) is 109 Å². The molecule has 2 amide bonds. The third-order valence-electron chi connectivity index (χ3n) is 6.80. The molecule has 8 nitrogen and oxygen atoms in total. The Morgan fingerprint density at radius 1 is 1.14 bits per heavy atom. The van der Waals surface area contributed by atoms with Gasteiger partial charge in [0.2, 0.25) is 0 Å². The first-order valence-corrected chi connectivity index (χ1v) is 13.7. The highest BCUT2D eigenvalue weighted by Gasteiger charge is 2.27. The van der Waals surface area contributed by atoms with Crippen molar-refractivity contribution >= 4 is 33.2 Å². The van der Waals surface area contributed by atoms with E-state index in [1.54, 1.807) is 25.1 Å². The molecule has 42 heavy (non-hydrogen) atoms. The molecule has 1 aliphatic heterocycles. The lowest BCUT2D eigenvalue weighted by molar-refractivity contribution is -0.119. The molecule has 1 aliphatic rings. The van der Waals surface area contributed by atoms with Crippen molar-refractivity contribution in [1.82, 2.24) is 25.8 Å². The molecule has 5 aromatic rings. The Balaban J connectivity index is 1.59. The van der Waals surface area contributed by atoms with Crippen molar-refractivity contribution in [2.24, 2.45) is 0 Å². The Morgan fingerprint density at radius 3 is 2.76 bits per heavy atom. The van der Waals surface area contributed by atoms with Crippen LogP contribution in [0.3, 0.4) is 0 Å². The van der Waals surface area contributed by atoms with E-state index in [1.807, 2.05) is 17.5 Å². The maximum absolute atomic E-state index is 15.6. The maximum Gasteiger partial charge on any atom is 0.279 e. The van der Waals surface area contributed by atoms with Gasteiger partial charge in [0.15, 0.2) is 5.83 Å². The van der Waals surface area contributed by atoms with Crippen LogP contribution in [0.5, 0.6) is 5.75 Å². The van der Waals surface area contributed by atoms with E-state index in [0.717, 1.165) is 23.3 Å². The molecule has 0 bridgehead atoms. The summed E-state index contributed by atoms with van der Waals surface area (Å²) in [5, 5.41) is 14.9. The molecule has 12 heteroatoms. The second-order valence-electron chi connectivity index (χ2n) is 9.46. The van der Waals surface area contributed by atoms with Gasteiger partial charge in [-0.3, -0.25) is 14.7 Å². The van der Waals surface area contributed by atoms with Crippen LogP contribution in [0.15, 0.2) is 60.3 Å². The number of fused-ring (bicyclic) bond motifs is 2. The molecule has 0 aliphatic carbocycles. The summed E-state index contributed by atoms with van der Waals surface area (Å²) < 4.78 is 49.5. The molecular weight excluding hydrogens is 567 g/mol. The van der Waals surface area contributed by atoms with Gasteiger partial charge >= 0.3 is 0 Å². The Morgan fingerprint density at radius 2 is 1.98 bits per heavy atom. The number of aromatic nitrogens is 3. The van der Waals surface area contributed by atoms with Crippen molar-refractivity contribution in [3.05, 3.63) is 88.7 Å². The Hall–Kier alpha value is -4.97. The molecule has 3 N–H and O–H groups in total. The molecule has 4 heterocycles. The number of amides is 2. The van der Waals surface area contributed by atoms with Gasteiger partial charge in [0, 0.05) is 45.5 Å². The van der Waals surface area contributed by atoms with E-state index in [4.69, 9.17) is 9.72 Å². The van der Waals surface area contributed by atoms with Gasteiger partial charge in [-0.05, 0) is 42.1 Å². The van der Waals surface area contributed by atoms with Crippen LogP contribution < -0.4 is 15.4 Å². The number of hydrogen-bond acceptors (Lipinski definition) is 6. The Kier molecular flexibility index (Phi) is 6.99. The average Bonchev–Trinajstić information content (AvgIpc) is 3.71. The summed E-state index contributed by atoms with van der Waals surface area (Å²) in [6, 6.07) is 10.8. The highest BCUT2D eigenvalue weighted by atomic mass is 32.1. The van der Waals surface area contributed by atoms with Crippen molar-refractivity contribution in [3.63, 3.8) is 0 Å². The van der Waals surface area contributed by atoms with E-state index in [1.165, 1.54) is 11.3 Å². The Bertz CT molecular complexity index is 1920. The highest BCUT2D eigenvalue weighted by Crippen LogP contribution is 2.47. The monoisotopic (exact) mass is 589 g/mol. The third-order valence-corrected chi connectivity index (χ3v) is 7.73. The molecule has 0 radical (unpaired) electrons. The second kappa shape index (κ2) is 10.8. The largest absolute Gasteiger partial charge is 0.493 e. The standard InChI is InChI=1S/C30H22F3N5O3S/c1-3-41-23-10-17(32)9-21(33)24(23)25-27(22-11-18(37-38-22)13-35-29(39)14(2)31)36-26(20-6-7-42-28(20)25)15-4-5-19-16(8-15)12-34-30(19)40/h4-11H,2-3,12-13H2,1H3,(H,34,40)(H,35,39)(H,37,38). The first-order valence-electron chi connectivity index (χ1n) is 12.9. The van der Waals surface area contributed by atoms with E-state index >= 15 is 4.39 Å². The first-order chi connectivity index (χ1) is 20.2. The zero-order valence-electron chi connectivity index (χ0n) is 22.1. The molecule has 0 saturated carbocycles. The van der Waals surface area contributed by atoms with E-state index in [2.05, 4.69) is 27.4 Å². The number of nitrogens with one attached hydrogen (secondary N) is 3. The fourth-order valence-electron chi connectivity index (χ4n) is 4.95. The van der Waals surface area contributed by atoms with E-state index in [-0.39, 0.29) is 36.1 Å². The van der Waals surface area contributed by atoms with Gasteiger partial charge in [-0.15, -0.1) is 11.3 Å². The SMILES string of the molecule is C=C(F)C(=O)NCc1cc(-c2nc(-c3ccc4c(c3)CNC4=O)c3ccsc3c2-c2c(F)cc(F)cc2OCC)n[nH]1. The molecule has 0 unspecified atom stereocenters. The van der Waals surface area contributed by atoms with Gasteiger partial charge in [-0.1, -0.05) is 12.6 Å². The number of thiophene rings is 1. The van der Waals surface area contributed by atoms with Crippen LogP contribution >= 0.6 is 11.3 Å². The van der Waals surface area contributed by atoms with Crippen molar-refractivity contribution in [2.45, 2.75) is 20.0 Å². The van der Waals surface area contributed by atoms with Gasteiger partial charge < -0.3 is 15.4 Å². The predicted molar refractivity (Wildman–Crippen MR) is 152 cm³/mol. The number of aromatic amines is 1. The molecule has 2 aromatic carbocycles. The summed E-state index contributed by atoms with van der Waals surface area (Å²) in [5.74, 6) is -3.87. The lowest BCUT2D eigenvalue weighted by Crippen LogP contribution is -2.22. The lowest BCUT2D eigenvalue weighted by Gasteiger charge is -2.17. The van der Waals surface area contributed by atoms with Gasteiger partial charge in [0.25, 0.3) is 11.8 Å². The van der Waals surface area contributed by atoms with E-state index in [0.29, 0.717) is 44.8 Å². The summed E-state index contributed by atoms with van der Waals surface area (Å²) in [7, 11) is 0. The Labute approximate surface area is 241 Å². The average molecular weight is 590 g/mol. The number of carbonyl (C=O) groups excluding carboxylic acids is 2. The van der Waals surface area contributed by atoms with Crippen molar-refractivity contribution in [3.8, 4) is 39.5 Å². The van der Waals surface area contributed by atoms with Crippen molar-refractivity contribution < 1.29 is 27.5 Å². The molecule has 212 valence electrons. The summed E-state index contributed by atoms with van der Waals surface area (Å²) in [4.78, 5) is 28.8. The van der Waals surface area contributed by atoms with Gasteiger partial charge in [0.1, 0.15) is 28.8 Å². The minimum Gasteiger partial charge on any atom is -0.493 e. The van der Waals surface area contributed by atoms with Crippen LogP contribution in [-0.4, -0.2) is 33.6 Å². The van der Waals surface area contributed by atoms with Crippen LogP contribution in [0.4, 0.5) is 13.2 Å². The molecular formula is C30H22F3N5O3S. The van der Waals surface area contributed by atoms with Gasteiger partial charge in [-0.25, -0.2) is 18.2 Å². The molecule has 0 fully saturated rings. The number of hydrogen-bond donors (Lipinski definition) is 3. The number of carbonyl (C=O) groups is 2. The number of pyridine rings is 1. The fourth-order valence-corrected chi connectivity index (χ4v) is 5.90.